The molecule has 1 unspecified atom stereocenters. The van der Waals surface area contributed by atoms with Crippen LogP contribution >= 0.6 is 11.6 Å². The van der Waals surface area contributed by atoms with Gasteiger partial charge >= 0.3 is 0 Å². The fourth-order valence-corrected chi connectivity index (χ4v) is 2.01. The van der Waals surface area contributed by atoms with E-state index in [1.807, 2.05) is 18.2 Å². The van der Waals surface area contributed by atoms with Crippen molar-refractivity contribution in [2.24, 2.45) is 0 Å². The molecule has 0 bridgehead atoms. The lowest BCUT2D eigenvalue weighted by Crippen LogP contribution is -2.27. The monoisotopic (exact) mass is 269 g/mol. The number of hydrogen-bond acceptors (Lipinski definition) is 2. The normalized spacial score (nSPS) is 12.2. The molecule has 0 aliphatic heterocycles. The highest BCUT2D eigenvalue weighted by Crippen LogP contribution is 2.23. The fraction of sp³-hybridized carbons (Fsp3) is 0.500. The van der Waals surface area contributed by atoms with Crippen molar-refractivity contribution < 1.29 is 9.53 Å². The first-order valence-corrected chi connectivity index (χ1v) is 6.62. The number of anilines is 1. The van der Waals surface area contributed by atoms with E-state index in [1.54, 1.807) is 0 Å². The quantitative estimate of drug-likeness (QED) is 0.807. The van der Waals surface area contributed by atoms with E-state index in [-0.39, 0.29) is 12.5 Å². The number of halogens is 1. The predicted octanol–water partition coefficient (Wildman–Crippen LogP) is 3.00. The Bertz CT molecular complexity index is 385. The summed E-state index contributed by atoms with van der Waals surface area (Å²) in [5.41, 5.74) is 3.15. The molecule has 1 aromatic rings. The van der Waals surface area contributed by atoms with Gasteiger partial charge in [-0.2, -0.15) is 0 Å². The number of ether oxygens (including phenoxy) is 1. The Hall–Kier alpha value is -1.06. The van der Waals surface area contributed by atoms with Gasteiger partial charge in [0, 0.05) is 12.8 Å². The van der Waals surface area contributed by atoms with Crippen molar-refractivity contribution in [1.29, 1.82) is 0 Å². The predicted molar refractivity (Wildman–Crippen MR) is 75.3 cm³/mol. The molecule has 1 rings (SSSR count). The van der Waals surface area contributed by atoms with Gasteiger partial charge in [-0.15, -0.1) is 11.6 Å². The van der Waals surface area contributed by atoms with Gasteiger partial charge in [-0.3, -0.25) is 4.79 Å². The second-order valence-electron chi connectivity index (χ2n) is 4.07. The molecule has 0 saturated heterocycles. The maximum absolute atomic E-state index is 11.9. The molecule has 18 heavy (non-hydrogen) atoms. The molecule has 0 fully saturated rings. The average Bonchev–Trinajstić information content (AvgIpc) is 2.39. The van der Waals surface area contributed by atoms with Crippen LogP contribution in [0.1, 0.15) is 25.0 Å². The van der Waals surface area contributed by atoms with Crippen molar-refractivity contribution in [3.05, 3.63) is 29.3 Å². The van der Waals surface area contributed by atoms with E-state index < -0.39 is 5.38 Å². The summed E-state index contributed by atoms with van der Waals surface area (Å²) in [5.74, 6) is -0.214. The van der Waals surface area contributed by atoms with Gasteiger partial charge in [-0.05, 0) is 24.0 Å². The van der Waals surface area contributed by atoms with Crippen molar-refractivity contribution >= 4 is 23.2 Å². The van der Waals surface area contributed by atoms with E-state index in [4.69, 9.17) is 16.3 Å². The van der Waals surface area contributed by atoms with E-state index >= 15 is 0 Å². The Morgan fingerprint density at radius 3 is 2.33 bits per heavy atom. The molecule has 1 N–H and O–H groups in total. The van der Waals surface area contributed by atoms with Crippen molar-refractivity contribution in [3.8, 4) is 0 Å². The number of alkyl halides is 1. The molecule has 1 aromatic carbocycles. The molecule has 0 aliphatic carbocycles. The van der Waals surface area contributed by atoms with Crippen molar-refractivity contribution in [2.45, 2.75) is 32.1 Å². The van der Waals surface area contributed by atoms with Gasteiger partial charge in [0.2, 0.25) is 5.91 Å². The van der Waals surface area contributed by atoms with E-state index in [0.717, 1.165) is 29.7 Å². The molecule has 1 atom stereocenters. The zero-order valence-electron chi connectivity index (χ0n) is 11.1. The van der Waals surface area contributed by atoms with Crippen LogP contribution in [0.5, 0.6) is 0 Å². The highest BCUT2D eigenvalue weighted by atomic mass is 35.5. The molecule has 3 nitrogen and oxygen atoms in total. The van der Waals surface area contributed by atoms with Crippen LogP contribution in [-0.2, 0) is 22.4 Å². The Morgan fingerprint density at radius 1 is 1.33 bits per heavy atom. The Morgan fingerprint density at radius 2 is 1.89 bits per heavy atom. The number of methoxy groups -OCH3 is 1. The molecule has 0 aromatic heterocycles. The maximum atomic E-state index is 11.9. The summed E-state index contributed by atoms with van der Waals surface area (Å²) in [4.78, 5) is 11.9. The fourth-order valence-electron chi connectivity index (χ4n) is 1.83. The van der Waals surface area contributed by atoms with E-state index in [2.05, 4.69) is 19.2 Å². The topological polar surface area (TPSA) is 38.3 Å². The molecule has 0 heterocycles. The van der Waals surface area contributed by atoms with Gasteiger partial charge < -0.3 is 10.1 Å². The maximum Gasteiger partial charge on any atom is 0.244 e. The third-order valence-corrected chi connectivity index (χ3v) is 3.17. The van der Waals surface area contributed by atoms with E-state index in [1.165, 1.54) is 7.11 Å². The van der Waals surface area contributed by atoms with Crippen LogP contribution in [-0.4, -0.2) is 25.0 Å². The Kier molecular flexibility index (Phi) is 6.16. The van der Waals surface area contributed by atoms with Crippen LogP contribution in [0.4, 0.5) is 5.69 Å². The lowest BCUT2D eigenvalue weighted by molar-refractivity contribution is -0.116. The molecule has 0 aliphatic rings. The smallest absolute Gasteiger partial charge is 0.244 e. The lowest BCUT2D eigenvalue weighted by atomic mass is 10.0. The molecule has 1 amide bonds. The number of para-hydroxylation sites is 1. The van der Waals surface area contributed by atoms with Crippen LogP contribution in [0.25, 0.3) is 0 Å². The summed E-state index contributed by atoms with van der Waals surface area (Å²) in [7, 11) is 1.53. The van der Waals surface area contributed by atoms with Crippen LogP contribution < -0.4 is 5.32 Å². The zero-order valence-corrected chi connectivity index (χ0v) is 11.9. The van der Waals surface area contributed by atoms with Gasteiger partial charge in [0.25, 0.3) is 0 Å². The highest BCUT2D eigenvalue weighted by Gasteiger charge is 2.17. The first kappa shape index (κ1) is 15.0. The number of carbonyl (C=O) groups excluding carboxylic acids is 1. The first-order valence-electron chi connectivity index (χ1n) is 6.18. The lowest BCUT2D eigenvalue weighted by Gasteiger charge is -2.16. The molecule has 0 spiro atoms. The van der Waals surface area contributed by atoms with Crippen molar-refractivity contribution in [3.63, 3.8) is 0 Å². The van der Waals surface area contributed by atoms with Crippen molar-refractivity contribution in [2.75, 3.05) is 19.0 Å². The average molecular weight is 270 g/mol. The largest absolute Gasteiger partial charge is 0.383 e. The second-order valence-corrected chi connectivity index (χ2v) is 4.60. The minimum absolute atomic E-state index is 0.211. The summed E-state index contributed by atoms with van der Waals surface area (Å²) in [6.45, 7) is 4.35. The summed E-state index contributed by atoms with van der Waals surface area (Å²) >= 11 is 5.94. The van der Waals surface area contributed by atoms with Gasteiger partial charge in [0.15, 0.2) is 0 Å². The summed E-state index contributed by atoms with van der Waals surface area (Å²) in [6.07, 6.45) is 1.75. The molecule has 4 heteroatoms. The third-order valence-electron chi connectivity index (χ3n) is 2.84. The molecule has 0 radical (unpaired) electrons. The zero-order chi connectivity index (χ0) is 13.5. The standard InChI is InChI=1S/C14H20ClNO2/c1-4-10-7-6-8-11(5-2)13(10)16-14(17)12(15)9-18-3/h6-8,12H,4-5,9H2,1-3H3,(H,16,17). The SMILES string of the molecule is CCc1cccc(CC)c1NC(=O)C(Cl)COC. The minimum Gasteiger partial charge on any atom is -0.383 e. The van der Waals surface area contributed by atoms with Crippen LogP contribution in [0.2, 0.25) is 0 Å². The summed E-state index contributed by atoms with van der Waals surface area (Å²) in [6, 6.07) is 6.06. The Balaban J connectivity index is 2.91. The molecule has 0 saturated carbocycles. The minimum atomic E-state index is -0.662. The summed E-state index contributed by atoms with van der Waals surface area (Å²) in [5, 5.41) is 2.25. The number of benzene rings is 1. The number of aryl methyl sites for hydroxylation is 2. The van der Waals surface area contributed by atoms with E-state index in [9.17, 15) is 4.79 Å². The third kappa shape index (κ3) is 3.72. The molecular weight excluding hydrogens is 250 g/mol. The number of carbonyl (C=O) groups is 1. The van der Waals surface area contributed by atoms with Gasteiger partial charge in [-0.25, -0.2) is 0 Å². The summed E-state index contributed by atoms with van der Waals surface area (Å²) < 4.78 is 4.88. The van der Waals surface area contributed by atoms with Crippen LogP contribution in [0.15, 0.2) is 18.2 Å². The number of rotatable bonds is 6. The van der Waals surface area contributed by atoms with Crippen LogP contribution in [0, 0.1) is 0 Å². The molecular formula is C14H20ClNO2. The van der Waals surface area contributed by atoms with Crippen molar-refractivity contribution in [1.82, 2.24) is 0 Å². The number of hydrogen-bond donors (Lipinski definition) is 1. The van der Waals surface area contributed by atoms with Gasteiger partial charge in [0.1, 0.15) is 5.38 Å². The van der Waals surface area contributed by atoms with E-state index in [0.29, 0.717) is 0 Å². The number of amides is 1. The Labute approximate surface area is 113 Å². The van der Waals surface area contributed by atoms with Gasteiger partial charge in [-0.1, -0.05) is 32.0 Å². The number of nitrogens with one attached hydrogen (secondary N) is 1. The van der Waals surface area contributed by atoms with Crippen LogP contribution in [0.3, 0.4) is 0 Å². The first-order chi connectivity index (χ1) is 8.63. The van der Waals surface area contributed by atoms with Gasteiger partial charge in [0.05, 0.1) is 6.61 Å². The highest BCUT2D eigenvalue weighted by molar-refractivity contribution is 6.32. The second kappa shape index (κ2) is 7.39. The molecule has 100 valence electrons.